The maximum Gasteiger partial charge on any atom is 0.280 e. The fourth-order valence-corrected chi connectivity index (χ4v) is 1.60. The third-order valence-electron chi connectivity index (χ3n) is 1.63. The maximum absolute atomic E-state index is 10.8. The quantitative estimate of drug-likeness (QED) is 0.728. The number of aromatic nitrogens is 2. The van der Waals surface area contributed by atoms with E-state index in [-0.39, 0.29) is 5.03 Å². The Bertz CT molecular complexity index is 372. The third kappa shape index (κ3) is 3.00. The van der Waals surface area contributed by atoms with Crippen LogP contribution in [0.3, 0.4) is 0 Å². The minimum absolute atomic E-state index is 0.0785. The molecule has 74 valence electrons. The topological polar surface area (TPSA) is 52.0 Å². The maximum atomic E-state index is 10.8. The van der Waals surface area contributed by atoms with Gasteiger partial charge in [-0.25, -0.2) is 13.4 Å². The van der Waals surface area contributed by atoms with Crippen LogP contribution in [0.5, 0.6) is 0 Å². The van der Waals surface area contributed by atoms with Crippen molar-refractivity contribution in [1.29, 1.82) is 0 Å². The van der Waals surface area contributed by atoms with Crippen molar-refractivity contribution in [3.8, 4) is 0 Å². The molecule has 1 heterocycles. The molecular formula is C7H11ClN2O2S. The monoisotopic (exact) mass is 222 g/mol. The number of imidazole rings is 1. The first-order valence-electron chi connectivity index (χ1n) is 4.00. The predicted molar refractivity (Wildman–Crippen MR) is 50.2 cm³/mol. The summed E-state index contributed by atoms with van der Waals surface area (Å²) < 4.78 is 23.3. The van der Waals surface area contributed by atoms with Gasteiger partial charge in [0, 0.05) is 23.4 Å². The summed E-state index contributed by atoms with van der Waals surface area (Å²) in [4.78, 5) is 3.68. The van der Waals surface area contributed by atoms with E-state index in [4.69, 9.17) is 10.7 Å². The Morgan fingerprint density at radius 2 is 2.31 bits per heavy atom. The second kappa shape index (κ2) is 4.11. The number of halogens is 1. The van der Waals surface area contributed by atoms with Gasteiger partial charge in [0.25, 0.3) is 9.05 Å². The van der Waals surface area contributed by atoms with E-state index in [0.29, 0.717) is 0 Å². The van der Waals surface area contributed by atoms with Gasteiger partial charge >= 0.3 is 0 Å². The van der Waals surface area contributed by atoms with Crippen LogP contribution in [0.1, 0.15) is 19.8 Å². The highest BCUT2D eigenvalue weighted by atomic mass is 35.7. The van der Waals surface area contributed by atoms with Crippen molar-refractivity contribution in [2.45, 2.75) is 31.3 Å². The second-order valence-corrected chi connectivity index (χ2v) is 5.25. The van der Waals surface area contributed by atoms with Crippen molar-refractivity contribution >= 4 is 19.7 Å². The van der Waals surface area contributed by atoms with Gasteiger partial charge in [0.1, 0.15) is 0 Å². The number of hydrogen-bond donors (Lipinski definition) is 0. The molecule has 4 nitrogen and oxygen atoms in total. The van der Waals surface area contributed by atoms with Gasteiger partial charge in [-0.1, -0.05) is 13.3 Å². The van der Waals surface area contributed by atoms with Crippen LogP contribution in [0.25, 0.3) is 0 Å². The number of aryl methyl sites for hydroxylation is 1. The van der Waals surface area contributed by atoms with E-state index < -0.39 is 9.05 Å². The van der Waals surface area contributed by atoms with E-state index in [2.05, 4.69) is 11.9 Å². The highest BCUT2D eigenvalue weighted by Crippen LogP contribution is 2.11. The van der Waals surface area contributed by atoms with Crippen LogP contribution < -0.4 is 0 Å². The Balaban J connectivity index is 2.76. The largest absolute Gasteiger partial charge is 0.336 e. The lowest BCUT2D eigenvalue weighted by Crippen LogP contribution is -1.94. The highest BCUT2D eigenvalue weighted by molar-refractivity contribution is 8.13. The van der Waals surface area contributed by atoms with Gasteiger partial charge in [0.2, 0.25) is 0 Å². The number of nitrogens with zero attached hydrogens (tertiary/aromatic N) is 2. The Morgan fingerprint density at radius 3 is 2.77 bits per heavy atom. The van der Waals surface area contributed by atoms with E-state index in [0.717, 1.165) is 19.4 Å². The highest BCUT2D eigenvalue weighted by Gasteiger charge is 2.12. The van der Waals surface area contributed by atoms with Crippen LogP contribution in [-0.2, 0) is 15.6 Å². The molecule has 0 amide bonds. The third-order valence-corrected chi connectivity index (χ3v) is 2.81. The fraction of sp³-hybridized carbons (Fsp3) is 0.571. The molecule has 0 atom stereocenters. The summed E-state index contributed by atoms with van der Waals surface area (Å²) in [6.45, 7) is 2.84. The molecule has 0 bridgehead atoms. The van der Waals surface area contributed by atoms with Gasteiger partial charge in [0.05, 0.1) is 6.33 Å². The van der Waals surface area contributed by atoms with Gasteiger partial charge in [-0.05, 0) is 6.42 Å². The van der Waals surface area contributed by atoms with Crippen LogP contribution in [0.2, 0.25) is 0 Å². The molecule has 0 aromatic carbocycles. The van der Waals surface area contributed by atoms with Crippen molar-refractivity contribution in [3.63, 3.8) is 0 Å². The molecular weight excluding hydrogens is 212 g/mol. The molecule has 1 aromatic heterocycles. The number of unbranched alkanes of at least 4 members (excludes halogenated alkanes) is 1. The Labute approximate surface area is 82.0 Å². The Kier molecular flexibility index (Phi) is 3.33. The van der Waals surface area contributed by atoms with E-state index in [1.807, 2.05) is 0 Å². The smallest absolute Gasteiger partial charge is 0.280 e. The van der Waals surface area contributed by atoms with Crippen molar-refractivity contribution < 1.29 is 8.42 Å². The van der Waals surface area contributed by atoms with Gasteiger partial charge in [0.15, 0.2) is 5.03 Å². The molecule has 0 saturated heterocycles. The first kappa shape index (κ1) is 10.5. The molecule has 6 heteroatoms. The molecule has 0 radical (unpaired) electrons. The van der Waals surface area contributed by atoms with Crippen molar-refractivity contribution in [3.05, 3.63) is 12.5 Å². The summed E-state index contributed by atoms with van der Waals surface area (Å²) >= 11 is 0. The van der Waals surface area contributed by atoms with Crippen LogP contribution in [0.4, 0.5) is 0 Å². The SMILES string of the molecule is CCCCn1cnc(S(=O)(=O)Cl)c1. The summed E-state index contributed by atoms with van der Waals surface area (Å²) in [7, 11) is 1.44. The first-order valence-corrected chi connectivity index (χ1v) is 6.31. The summed E-state index contributed by atoms with van der Waals surface area (Å²) in [5.74, 6) is 0. The van der Waals surface area contributed by atoms with Crippen LogP contribution in [-0.4, -0.2) is 18.0 Å². The average molecular weight is 223 g/mol. The van der Waals surface area contributed by atoms with Crippen molar-refractivity contribution in [2.75, 3.05) is 0 Å². The number of hydrogen-bond acceptors (Lipinski definition) is 3. The summed E-state index contributed by atoms with van der Waals surface area (Å²) in [6, 6.07) is 0. The van der Waals surface area contributed by atoms with Gasteiger partial charge < -0.3 is 4.57 Å². The molecule has 0 aliphatic carbocycles. The fourth-order valence-electron chi connectivity index (χ4n) is 0.928. The van der Waals surface area contributed by atoms with Crippen LogP contribution >= 0.6 is 10.7 Å². The van der Waals surface area contributed by atoms with E-state index >= 15 is 0 Å². The van der Waals surface area contributed by atoms with Crippen molar-refractivity contribution in [1.82, 2.24) is 9.55 Å². The Morgan fingerprint density at radius 1 is 1.62 bits per heavy atom. The lowest BCUT2D eigenvalue weighted by molar-refractivity contribution is 0.605. The zero-order valence-electron chi connectivity index (χ0n) is 7.27. The van der Waals surface area contributed by atoms with Gasteiger partial charge in [-0.15, -0.1) is 0 Å². The lowest BCUT2D eigenvalue weighted by Gasteiger charge is -1.97. The average Bonchev–Trinajstić information content (AvgIpc) is 2.47. The molecule has 1 rings (SSSR count). The van der Waals surface area contributed by atoms with Crippen molar-refractivity contribution in [2.24, 2.45) is 0 Å². The summed E-state index contributed by atoms with van der Waals surface area (Å²) in [5, 5.41) is -0.0785. The number of rotatable bonds is 4. The standard InChI is InChI=1S/C7H11ClN2O2S/c1-2-3-4-10-5-7(9-6-10)13(8,11)12/h5-6H,2-4H2,1H3. The van der Waals surface area contributed by atoms with Crippen LogP contribution in [0, 0.1) is 0 Å². The molecule has 0 aliphatic rings. The molecule has 1 aromatic rings. The predicted octanol–water partition coefficient (Wildman–Crippen LogP) is 1.61. The molecule has 13 heavy (non-hydrogen) atoms. The van der Waals surface area contributed by atoms with E-state index in [1.165, 1.54) is 12.5 Å². The van der Waals surface area contributed by atoms with Gasteiger partial charge in [-0.2, -0.15) is 0 Å². The van der Waals surface area contributed by atoms with E-state index in [1.54, 1.807) is 4.57 Å². The minimum atomic E-state index is -3.67. The molecule has 0 saturated carbocycles. The molecule has 0 N–H and O–H groups in total. The van der Waals surface area contributed by atoms with Gasteiger partial charge in [-0.3, -0.25) is 0 Å². The summed E-state index contributed by atoms with van der Waals surface area (Å²) in [6.07, 6.45) is 4.97. The zero-order valence-corrected chi connectivity index (χ0v) is 8.85. The first-order chi connectivity index (χ1) is 6.04. The molecule has 0 aliphatic heterocycles. The normalized spacial score (nSPS) is 11.8. The zero-order chi connectivity index (χ0) is 9.90. The second-order valence-electron chi connectivity index (χ2n) is 2.74. The lowest BCUT2D eigenvalue weighted by atomic mass is 10.3. The molecule has 0 unspecified atom stereocenters. The van der Waals surface area contributed by atoms with Crippen LogP contribution in [0.15, 0.2) is 17.6 Å². The van der Waals surface area contributed by atoms with E-state index in [9.17, 15) is 8.42 Å². The molecule has 0 spiro atoms. The Hall–Kier alpha value is -0.550. The molecule has 0 fully saturated rings. The minimum Gasteiger partial charge on any atom is -0.336 e. The summed E-state index contributed by atoms with van der Waals surface area (Å²) in [5.41, 5.74) is 0.